The third-order valence-electron chi connectivity index (χ3n) is 6.61. The Hall–Kier alpha value is -1.30. The number of aryl methyl sites for hydroxylation is 1. The summed E-state index contributed by atoms with van der Waals surface area (Å²) in [4.78, 5) is 25.2. The molecule has 6 rings (SSSR count). The minimum Gasteiger partial charge on any atom is -0.338 e. The summed E-state index contributed by atoms with van der Waals surface area (Å²) in [7, 11) is 0. The van der Waals surface area contributed by atoms with Crippen molar-refractivity contribution < 1.29 is 0 Å². The van der Waals surface area contributed by atoms with E-state index in [2.05, 4.69) is 16.9 Å². The highest BCUT2D eigenvalue weighted by atomic mass is 32.2. The number of thioether (sulfide) groups is 1. The fourth-order valence-corrected chi connectivity index (χ4v) is 6.43. The molecule has 5 atom stereocenters. The molecule has 2 heterocycles. The number of rotatable bonds is 4. The zero-order valence-electron chi connectivity index (χ0n) is 14.3. The number of hydrogen-bond acceptors (Lipinski definition) is 4. The van der Waals surface area contributed by atoms with Crippen LogP contribution in [0.2, 0.25) is 0 Å². The average Bonchev–Trinajstić information content (AvgIpc) is 3.19. The maximum atomic E-state index is 12.4. The standard InChI is InChI=1S/C18H24N4OS/c1-3-4-22-16-14(17(24-2)21-18(22)23)19-15(20-16)13-11-6-9-5-10(8-11)12(13)7-9/h9-13H,3-8H2,1-2H3,(H,19,20). The maximum absolute atomic E-state index is 12.4. The van der Waals surface area contributed by atoms with Gasteiger partial charge in [0, 0.05) is 12.5 Å². The lowest BCUT2D eigenvalue weighted by Crippen LogP contribution is -2.24. The highest BCUT2D eigenvalue weighted by molar-refractivity contribution is 7.98. The van der Waals surface area contributed by atoms with Crippen LogP contribution in [0.3, 0.4) is 0 Å². The minimum absolute atomic E-state index is 0.166. The van der Waals surface area contributed by atoms with Crippen molar-refractivity contribution in [1.82, 2.24) is 19.5 Å². The Morgan fingerprint density at radius 2 is 2.04 bits per heavy atom. The van der Waals surface area contributed by atoms with Crippen molar-refractivity contribution in [2.45, 2.75) is 56.5 Å². The summed E-state index contributed by atoms with van der Waals surface area (Å²) in [6, 6.07) is 0. The molecule has 4 bridgehead atoms. The summed E-state index contributed by atoms with van der Waals surface area (Å²) in [5, 5.41) is 0.786. The number of fused-ring (bicyclic) bond motifs is 1. The monoisotopic (exact) mass is 344 g/mol. The van der Waals surface area contributed by atoms with Gasteiger partial charge >= 0.3 is 5.69 Å². The lowest BCUT2D eigenvalue weighted by Gasteiger charge is -2.30. The van der Waals surface area contributed by atoms with E-state index in [4.69, 9.17) is 4.98 Å². The van der Waals surface area contributed by atoms with Crippen molar-refractivity contribution in [1.29, 1.82) is 0 Å². The van der Waals surface area contributed by atoms with Crippen LogP contribution in [0, 0.1) is 23.7 Å². The lowest BCUT2D eigenvalue weighted by molar-refractivity contribution is 0.244. The molecule has 24 heavy (non-hydrogen) atoms. The smallest absolute Gasteiger partial charge is 0.338 e. The molecule has 4 saturated carbocycles. The van der Waals surface area contributed by atoms with Crippen molar-refractivity contribution in [3.8, 4) is 0 Å². The van der Waals surface area contributed by atoms with Gasteiger partial charge in [0.2, 0.25) is 0 Å². The van der Waals surface area contributed by atoms with Gasteiger partial charge in [-0.2, -0.15) is 4.98 Å². The number of nitrogens with one attached hydrogen (secondary N) is 1. The van der Waals surface area contributed by atoms with Gasteiger partial charge in [-0.1, -0.05) is 6.92 Å². The first-order chi connectivity index (χ1) is 11.7. The maximum Gasteiger partial charge on any atom is 0.350 e. The van der Waals surface area contributed by atoms with E-state index >= 15 is 0 Å². The third-order valence-corrected chi connectivity index (χ3v) is 7.30. The molecule has 4 fully saturated rings. The molecule has 6 heteroatoms. The summed E-state index contributed by atoms with van der Waals surface area (Å²) in [6.07, 6.45) is 8.48. The molecule has 5 unspecified atom stereocenters. The van der Waals surface area contributed by atoms with Crippen LogP contribution >= 0.6 is 11.8 Å². The number of aromatic amines is 1. The second-order valence-corrected chi connectivity index (χ2v) is 8.69. The predicted octanol–water partition coefficient (Wildman–Crippen LogP) is 3.40. The van der Waals surface area contributed by atoms with Crippen molar-refractivity contribution >= 4 is 22.9 Å². The van der Waals surface area contributed by atoms with Crippen LogP contribution in [-0.2, 0) is 6.54 Å². The molecule has 0 radical (unpaired) electrons. The highest BCUT2D eigenvalue weighted by Gasteiger charge is 2.55. The fraction of sp³-hybridized carbons (Fsp3) is 0.722. The van der Waals surface area contributed by atoms with Crippen LogP contribution < -0.4 is 5.69 Å². The summed E-state index contributed by atoms with van der Waals surface area (Å²) in [5.74, 6) is 5.19. The topological polar surface area (TPSA) is 63.6 Å². The molecule has 2 aromatic heterocycles. The fourth-order valence-electron chi connectivity index (χ4n) is 5.91. The molecular weight excluding hydrogens is 320 g/mol. The summed E-state index contributed by atoms with van der Waals surface area (Å²) < 4.78 is 1.75. The Morgan fingerprint density at radius 3 is 2.79 bits per heavy atom. The van der Waals surface area contributed by atoms with Gasteiger partial charge < -0.3 is 4.98 Å². The molecule has 0 aliphatic heterocycles. The molecule has 0 saturated heterocycles. The number of imidazole rings is 1. The zero-order valence-corrected chi connectivity index (χ0v) is 15.1. The molecule has 4 aliphatic carbocycles. The minimum atomic E-state index is -0.166. The first kappa shape index (κ1) is 15.0. The van der Waals surface area contributed by atoms with E-state index in [-0.39, 0.29) is 5.69 Å². The van der Waals surface area contributed by atoms with E-state index in [1.165, 1.54) is 37.4 Å². The number of hydrogen-bond donors (Lipinski definition) is 1. The first-order valence-corrected chi connectivity index (χ1v) is 10.5. The summed E-state index contributed by atoms with van der Waals surface area (Å²) in [5.41, 5.74) is 1.61. The van der Waals surface area contributed by atoms with Gasteiger partial charge in [0.25, 0.3) is 0 Å². The molecule has 1 N–H and O–H groups in total. The molecular formula is C18H24N4OS. The average molecular weight is 344 g/mol. The molecule has 128 valence electrons. The number of H-pyrrole nitrogens is 1. The van der Waals surface area contributed by atoms with Crippen molar-refractivity contribution in [2.24, 2.45) is 23.7 Å². The summed E-state index contributed by atoms with van der Waals surface area (Å²) in [6.45, 7) is 2.77. The number of nitrogens with zero attached hydrogens (tertiary/aromatic N) is 3. The van der Waals surface area contributed by atoms with Gasteiger partial charge in [0.05, 0.1) is 0 Å². The van der Waals surface area contributed by atoms with Gasteiger partial charge in [0.1, 0.15) is 16.4 Å². The highest BCUT2D eigenvalue weighted by Crippen LogP contribution is 2.63. The Morgan fingerprint density at radius 1 is 1.21 bits per heavy atom. The molecule has 0 spiro atoms. The Labute approximate surface area is 145 Å². The SMILES string of the molecule is CCCn1c(=O)nc(SC)c2[nH]c(C3C4CC5CC(C4)C3C5)nc21. The van der Waals surface area contributed by atoms with Gasteiger partial charge in [-0.15, -0.1) is 11.8 Å². The van der Waals surface area contributed by atoms with Gasteiger partial charge in [0.15, 0.2) is 5.65 Å². The van der Waals surface area contributed by atoms with Crippen molar-refractivity contribution in [2.75, 3.05) is 6.26 Å². The van der Waals surface area contributed by atoms with Crippen LogP contribution in [0.1, 0.15) is 50.8 Å². The van der Waals surface area contributed by atoms with E-state index in [0.29, 0.717) is 12.5 Å². The summed E-state index contributed by atoms with van der Waals surface area (Å²) >= 11 is 1.53. The Balaban J connectivity index is 1.65. The van der Waals surface area contributed by atoms with Gasteiger partial charge in [-0.05, 0) is 62.0 Å². The Kier molecular flexibility index (Phi) is 3.34. The molecule has 4 aliphatic rings. The van der Waals surface area contributed by atoms with Crippen LogP contribution in [0.15, 0.2) is 9.82 Å². The molecule has 2 aromatic rings. The van der Waals surface area contributed by atoms with E-state index in [9.17, 15) is 4.79 Å². The predicted molar refractivity (Wildman–Crippen MR) is 95.4 cm³/mol. The van der Waals surface area contributed by atoms with Crippen LogP contribution in [0.25, 0.3) is 11.2 Å². The quantitative estimate of drug-likeness (QED) is 0.682. The van der Waals surface area contributed by atoms with Crippen LogP contribution in [0.4, 0.5) is 0 Å². The zero-order chi connectivity index (χ0) is 16.4. The second kappa shape index (κ2) is 5.35. The van der Waals surface area contributed by atoms with Gasteiger partial charge in [-0.25, -0.2) is 9.78 Å². The molecule has 0 aromatic carbocycles. The van der Waals surface area contributed by atoms with E-state index in [1.807, 2.05) is 6.26 Å². The van der Waals surface area contributed by atoms with E-state index in [1.54, 1.807) is 4.57 Å². The normalized spacial score (nSPS) is 33.8. The largest absolute Gasteiger partial charge is 0.350 e. The van der Waals surface area contributed by atoms with Crippen LogP contribution in [-0.4, -0.2) is 25.8 Å². The van der Waals surface area contributed by atoms with E-state index in [0.717, 1.165) is 52.1 Å². The first-order valence-electron chi connectivity index (χ1n) is 9.24. The van der Waals surface area contributed by atoms with Crippen molar-refractivity contribution in [3.05, 3.63) is 16.3 Å². The van der Waals surface area contributed by atoms with Crippen LogP contribution in [0.5, 0.6) is 0 Å². The Bertz CT molecular complexity index is 853. The van der Waals surface area contributed by atoms with E-state index < -0.39 is 0 Å². The molecule has 0 amide bonds. The number of aromatic nitrogens is 4. The molecule has 5 nitrogen and oxygen atoms in total. The van der Waals surface area contributed by atoms with Crippen molar-refractivity contribution in [3.63, 3.8) is 0 Å². The second-order valence-electron chi connectivity index (χ2n) is 7.89. The van der Waals surface area contributed by atoms with Gasteiger partial charge in [-0.3, -0.25) is 4.57 Å². The third kappa shape index (κ3) is 1.98. The lowest BCUT2D eigenvalue weighted by atomic mass is 9.75.